The molecule has 7 heteroatoms. The van der Waals surface area contributed by atoms with Gasteiger partial charge in [0.05, 0.1) is 18.2 Å². The van der Waals surface area contributed by atoms with Crippen LogP contribution in [0.25, 0.3) is 11.3 Å². The number of hydrogen-bond acceptors (Lipinski definition) is 5. The molecule has 0 saturated carbocycles. The van der Waals surface area contributed by atoms with Crippen LogP contribution in [-0.2, 0) is 12.8 Å². The molecule has 0 saturated heterocycles. The van der Waals surface area contributed by atoms with E-state index >= 15 is 0 Å². The summed E-state index contributed by atoms with van der Waals surface area (Å²) in [6, 6.07) is 1.93. The molecule has 134 valence electrons. The summed E-state index contributed by atoms with van der Waals surface area (Å²) >= 11 is 0. The summed E-state index contributed by atoms with van der Waals surface area (Å²) < 4.78 is 5.23. The van der Waals surface area contributed by atoms with Crippen molar-refractivity contribution >= 4 is 11.9 Å². The van der Waals surface area contributed by atoms with Crippen LogP contribution < -0.4 is 11.1 Å². The lowest BCUT2D eigenvalue weighted by Gasteiger charge is -2.18. The van der Waals surface area contributed by atoms with Gasteiger partial charge in [-0.2, -0.15) is 0 Å². The number of furan rings is 1. The number of nitrogens with zero attached hydrogens (tertiary/aromatic N) is 4. The van der Waals surface area contributed by atoms with Crippen LogP contribution in [0.2, 0.25) is 0 Å². The molecule has 2 heterocycles. The minimum absolute atomic E-state index is 0.354. The van der Waals surface area contributed by atoms with Crippen molar-refractivity contribution in [3.8, 4) is 11.3 Å². The van der Waals surface area contributed by atoms with Gasteiger partial charge in [-0.25, -0.2) is 9.97 Å². The van der Waals surface area contributed by atoms with Crippen LogP contribution >= 0.6 is 0 Å². The van der Waals surface area contributed by atoms with Crippen molar-refractivity contribution < 1.29 is 4.42 Å². The van der Waals surface area contributed by atoms with E-state index in [1.54, 1.807) is 12.5 Å². The van der Waals surface area contributed by atoms with Crippen LogP contribution in [0, 0.1) is 0 Å². The van der Waals surface area contributed by atoms with Crippen LogP contribution in [0.5, 0.6) is 0 Å². The minimum Gasteiger partial charge on any atom is -0.472 e. The van der Waals surface area contributed by atoms with E-state index in [2.05, 4.69) is 25.2 Å². The molecule has 0 radical (unpaired) electrons. The van der Waals surface area contributed by atoms with E-state index in [1.807, 2.05) is 20.2 Å². The molecule has 3 rings (SSSR count). The zero-order valence-electron chi connectivity index (χ0n) is 15.0. The monoisotopic (exact) mass is 342 g/mol. The number of aliphatic imine (C=N–C) groups is 1. The Labute approximate surface area is 148 Å². The van der Waals surface area contributed by atoms with Gasteiger partial charge in [-0.05, 0) is 58.8 Å². The zero-order valence-corrected chi connectivity index (χ0v) is 15.0. The summed E-state index contributed by atoms with van der Waals surface area (Å²) in [4.78, 5) is 15.8. The number of rotatable bonds is 6. The number of aryl methyl sites for hydroxylation is 1. The molecule has 0 unspecified atom stereocenters. The van der Waals surface area contributed by atoms with E-state index < -0.39 is 0 Å². The first kappa shape index (κ1) is 17.4. The van der Waals surface area contributed by atoms with Gasteiger partial charge in [-0.3, -0.25) is 10.3 Å². The number of anilines is 1. The largest absolute Gasteiger partial charge is 0.472 e. The highest BCUT2D eigenvalue weighted by Gasteiger charge is 2.19. The van der Waals surface area contributed by atoms with E-state index in [1.165, 1.54) is 12.0 Å². The maximum atomic E-state index is 5.99. The number of hydrogen-bond donors (Lipinski definition) is 2. The number of nitrogens with two attached hydrogens (primary N) is 1. The number of nitrogens with one attached hydrogen (secondary N) is 1. The standard InChI is InChI=1S/C18H26N6O/c1-24(2)10-5-9-20-17(19)23-18-21-15-7-4-3-6-14(15)16(22-18)13-8-11-25-12-13/h8,11-12H,3-7,9-10H2,1-2H3,(H3,19,20,21,22,23). The second-order valence-corrected chi connectivity index (χ2v) is 6.59. The zero-order chi connectivity index (χ0) is 17.6. The first-order valence-corrected chi connectivity index (χ1v) is 8.77. The van der Waals surface area contributed by atoms with Crippen molar-refractivity contribution in [2.45, 2.75) is 32.1 Å². The summed E-state index contributed by atoms with van der Waals surface area (Å²) in [6.07, 6.45) is 8.65. The summed E-state index contributed by atoms with van der Waals surface area (Å²) in [6.45, 7) is 1.66. The lowest BCUT2D eigenvalue weighted by molar-refractivity contribution is 0.403. The quantitative estimate of drug-likeness (QED) is 0.475. The fourth-order valence-electron chi connectivity index (χ4n) is 3.03. The van der Waals surface area contributed by atoms with Gasteiger partial charge in [0, 0.05) is 23.4 Å². The Kier molecular flexibility index (Phi) is 5.65. The Morgan fingerprint density at radius 3 is 2.92 bits per heavy atom. The minimum atomic E-state index is 0.354. The maximum Gasteiger partial charge on any atom is 0.230 e. The van der Waals surface area contributed by atoms with Gasteiger partial charge < -0.3 is 15.1 Å². The summed E-state index contributed by atoms with van der Waals surface area (Å²) in [5.41, 5.74) is 10.2. The molecule has 1 aliphatic rings. The normalized spacial score (nSPS) is 14.6. The van der Waals surface area contributed by atoms with Gasteiger partial charge >= 0.3 is 0 Å². The topological polar surface area (TPSA) is 92.6 Å². The highest BCUT2D eigenvalue weighted by atomic mass is 16.3. The molecule has 0 amide bonds. The lowest BCUT2D eigenvalue weighted by atomic mass is 9.93. The molecule has 0 bridgehead atoms. The SMILES string of the molecule is CN(C)CCCN=C(N)Nc1nc2c(c(-c3ccoc3)n1)CCCC2. The predicted molar refractivity (Wildman–Crippen MR) is 99.7 cm³/mol. The Hall–Kier alpha value is -2.41. The molecule has 0 spiro atoms. The third kappa shape index (κ3) is 4.57. The Balaban J connectivity index is 1.77. The first-order valence-electron chi connectivity index (χ1n) is 8.77. The average molecular weight is 342 g/mol. The van der Waals surface area contributed by atoms with Crippen LogP contribution in [0.15, 0.2) is 28.0 Å². The molecule has 7 nitrogen and oxygen atoms in total. The van der Waals surface area contributed by atoms with Crippen LogP contribution in [-0.4, -0.2) is 48.0 Å². The van der Waals surface area contributed by atoms with Crippen LogP contribution in [0.4, 0.5) is 5.95 Å². The molecule has 0 fully saturated rings. The van der Waals surface area contributed by atoms with Crippen molar-refractivity contribution in [3.63, 3.8) is 0 Å². The highest BCUT2D eigenvalue weighted by Crippen LogP contribution is 2.30. The fraction of sp³-hybridized carbons (Fsp3) is 0.500. The van der Waals surface area contributed by atoms with E-state index in [4.69, 9.17) is 10.2 Å². The van der Waals surface area contributed by atoms with Gasteiger partial charge in [0.2, 0.25) is 5.95 Å². The molecule has 3 N–H and O–H groups in total. The van der Waals surface area contributed by atoms with Crippen molar-refractivity contribution in [2.75, 3.05) is 32.5 Å². The van der Waals surface area contributed by atoms with Gasteiger partial charge in [-0.1, -0.05) is 0 Å². The fourth-order valence-corrected chi connectivity index (χ4v) is 3.03. The van der Waals surface area contributed by atoms with Crippen molar-refractivity contribution in [1.82, 2.24) is 14.9 Å². The average Bonchev–Trinajstić information content (AvgIpc) is 3.12. The van der Waals surface area contributed by atoms with E-state index in [9.17, 15) is 0 Å². The second kappa shape index (κ2) is 8.11. The molecule has 0 aliphatic heterocycles. The van der Waals surface area contributed by atoms with Gasteiger partial charge in [-0.15, -0.1) is 0 Å². The van der Waals surface area contributed by atoms with E-state index in [0.717, 1.165) is 49.2 Å². The van der Waals surface area contributed by atoms with Crippen molar-refractivity contribution in [3.05, 3.63) is 29.9 Å². The van der Waals surface area contributed by atoms with Crippen LogP contribution in [0.1, 0.15) is 30.5 Å². The number of aromatic nitrogens is 2. The third-order valence-corrected chi connectivity index (χ3v) is 4.26. The molecule has 0 atom stereocenters. The Bertz CT molecular complexity index is 723. The summed E-state index contributed by atoms with van der Waals surface area (Å²) in [5.74, 6) is 0.860. The van der Waals surface area contributed by atoms with Crippen molar-refractivity contribution in [2.24, 2.45) is 10.7 Å². The molecular formula is C18H26N6O. The number of guanidine groups is 1. The summed E-state index contributed by atoms with van der Waals surface area (Å²) in [5, 5.41) is 3.04. The molecule has 1 aliphatic carbocycles. The van der Waals surface area contributed by atoms with E-state index in [-0.39, 0.29) is 0 Å². The smallest absolute Gasteiger partial charge is 0.230 e. The van der Waals surface area contributed by atoms with Gasteiger partial charge in [0.15, 0.2) is 5.96 Å². The maximum absolute atomic E-state index is 5.99. The molecular weight excluding hydrogens is 316 g/mol. The van der Waals surface area contributed by atoms with E-state index in [0.29, 0.717) is 18.5 Å². The Morgan fingerprint density at radius 2 is 2.16 bits per heavy atom. The number of fused-ring (bicyclic) bond motifs is 1. The van der Waals surface area contributed by atoms with Crippen molar-refractivity contribution in [1.29, 1.82) is 0 Å². The van der Waals surface area contributed by atoms with Crippen LogP contribution in [0.3, 0.4) is 0 Å². The van der Waals surface area contributed by atoms with Gasteiger partial charge in [0.1, 0.15) is 0 Å². The predicted octanol–water partition coefficient (Wildman–Crippen LogP) is 2.29. The first-order chi connectivity index (χ1) is 12.1. The molecule has 0 aromatic carbocycles. The third-order valence-electron chi connectivity index (χ3n) is 4.26. The molecule has 25 heavy (non-hydrogen) atoms. The van der Waals surface area contributed by atoms with Gasteiger partial charge in [0.25, 0.3) is 0 Å². The second-order valence-electron chi connectivity index (χ2n) is 6.59. The molecule has 2 aromatic rings. The lowest BCUT2D eigenvalue weighted by Crippen LogP contribution is -2.25. The Morgan fingerprint density at radius 1 is 1.32 bits per heavy atom. The summed E-state index contributed by atoms with van der Waals surface area (Å²) in [7, 11) is 4.09. The molecule has 2 aromatic heterocycles. The highest BCUT2D eigenvalue weighted by molar-refractivity contribution is 5.90.